The van der Waals surface area contributed by atoms with Crippen LogP contribution in [0.5, 0.6) is 0 Å². The number of rotatable bonds is 1. The van der Waals surface area contributed by atoms with E-state index in [0.29, 0.717) is 13.2 Å². The number of ether oxygens (including phenoxy) is 2. The van der Waals surface area contributed by atoms with Gasteiger partial charge in [0, 0.05) is 17.3 Å². The first-order valence-electron chi connectivity index (χ1n) is 5.03. The van der Waals surface area contributed by atoms with E-state index in [9.17, 15) is 0 Å². The number of hydrogen-bond acceptors (Lipinski definition) is 4. The van der Waals surface area contributed by atoms with E-state index in [1.54, 1.807) is 11.3 Å². The van der Waals surface area contributed by atoms with Crippen LogP contribution in [-0.4, -0.2) is 18.2 Å². The minimum atomic E-state index is -0.301. The first-order chi connectivity index (χ1) is 7.75. The molecule has 3 nitrogen and oxygen atoms in total. The largest absolute Gasteiger partial charge is 0.345 e. The van der Waals surface area contributed by atoms with Gasteiger partial charge >= 0.3 is 0 Å². The van der Waals surface area contributed by atoms with Gasteiger partial charge in [0.15, 0.2) is 6.29 Å². The van der Waals surface area contributed by atoms with E-state index < -0.39 is 0 Å². The Kier molecular flexibility index (Phi) is 2.59. The van der Waals surface area contributed by atoms with Crippen LogP contribution in [0.3, 0.4) is 0 Å². The molecule has 0 aliphatic carbocycles. The summed E-state index contributed by atoms with van der Waals surface area (Å²) in [5, 5.41) is 1.77. The highest BCUT2D eigenvalue weighted by atomic mass is 35.5. The summed E-state index contributed by atoms with van der Waals surface area (Å²) in [6.45, 7) is 3.22. The molecule has 5 heteroatoms. The quantitative estimate of drug-likeness (QED) is 0.784. The molecule has 3 rings (SSSR count). The van der Waals surface area contributed by atoms with Gasteiger partial charge in [0.2, 0.25) is 0 Å². The van der Waals surface area contributed by atoms with Gasteiger partial charge in [0.05, 0.1) is 27.8 Å². The van der Waals surface area contributed by atoms with Gasteiger partial charge in [-0.3, -0.25) is 4.98 Å². The molecule has 84 valence electrons. The van der Waals surface area contributed by atoms with Gasteiger partial charge in [-0.15, -0.1) is 11.3 Å². The van der Waals surface area contributed by atoms with Crippen LogP contribution in [0.15, 0.2) is 12.3 Å². The number of pyridine rings is 1. The summed E-state index contributed by atoms with van der Waals surface area (Å²) in [7, 11) is 0. The van der Waals surface area contributed by atoms with Crippen molar-refractivity contribution in [3.8, 4) is 0 Å². The molecule has 1 saturated heterocycles. The van der Waals surface area contributed by atoms with Gasteiger partial charge in [0.25, 0.3) is 0 Å². The van der Waals surface area contributed by atoms with E-state index in [2.05, 4.69) is 4.98 Å². The van der Waals surface area contributed by atoms with Crippen LogP contribution in [0, 0.1) is 6.92 Å². The minimum absolute atomic E-state index is 0.301. The van der Waals surface area contributed by atoms with Crippen molar-refractivity contribution in [2.24, 2.45) is 0 Å². The molecular weight excluding hydrogens is 246 g/mol. The monoisotopic (exact) mass is 255 g/mol. The number of halogens is 1. The average Bonchev–Trinajstić information content (AvgIpc) is 2.87. The first kappa shape index (κ1) is 10.5. The molecule has 0 saturated carbocycles. The fourth-order valence-corrected chi connectivity index (χ4v) is 3.22. The molecular formula is C11H10ClNO2S. The fraction of sp³-hybridized carbons (Fsp3) is 0.364. The zero-order valence-corrected chi connectivity index (χ0v) is 10.3. The molecule has 0 aromatic carbocycles. The molecule has 0 atom stereocenters. The molecule has 0 N–H and O–H groups in total. The molecule has 1 aliphatic heterocycles. The summed E-state index contributed by atoms with van der Waals surface area (Å²) in [6, 6.07) is 1.99. The van der Waals surface area contributed by atoms with Crippen molar-refractivity contribution >= 4 is 33.0 Å². The highest BCUT2D eigenvalue weighted by Gasteiger charge is 2.24. The van der Waals surface area contributed by atoms with Crippen molar-refractivity contribution in [1.82, 2.24) is 4.98 Å². The molecule has 2 aromatic rings. The topological polar surface area (TPSA) is 31.4 Å². The lowest BCUT2D eigenvalue weighted by atomic mass is 10.2. The number of fused-ring (bicyclic) bond motifs is 1. The summed E-state index contributed by atoms with van der Waals surface area (Å²) in [5.74, 6) is 0. The van der Waals surface area contributed by atoms with Crippen LogP contribution in [-0.2, 0) is 9.47 Å². The van der Waals surface area contributed by atoms with Crippen molar-refractivity contribution in [2.75, 3.05) is 13.2 Å². The van der Waals surface area contributed by atoms with Crippen molar-refractivity contribution in [3.05, 3.63) is 27.9 Å². The normalized spacial score (nSPS) is 17.4. The van der Waals surface area contributed by atoms with Gasteiger partial charge in [-0.25, -0.2) is 0 Å². The van der Waals surface area contributed by atoms with Crippen molar-refractivity contribution in [2.45, 2.75) is 13.2 Å². The first-order valence-corrected chi connectivity index (χ1v) is 6.23. The van der Waals surface area contributed by atoms with Crippen LogP contribution < -0.4 is 0 Å². The van der Waals surface area contributed by atoms with Crippen molar-refractivity contribution < 1.29 is 9.47 Å². The molecule has 1 fully saturated rings. The van der Waals surface area contributed by atoms with Crippen LogP contribution >= 0.6 is 22.9 Å². The molecule has 2 aromatic heterocycles. The van der Waals surface area contributed by atoms with E-state index in [1.165, 1.54) is 0 Å². The Bertz CT molecular complexity index is 534. The van der Waals surface area contributed by atoms with Gasteiger partial charge in [-0.1, -0.05) is 11.6 Å². The fourth-order valence-electron chi connectivity index (χ4n) is 1.76. The Morgan fingerprint density at radius 2 is 2.19 bits per heavy atom. The highest BCUT2D eigenvalue weighted by Crippen LogP contribution is 2.41. The van der Waals surface area contributed by atoms with Crippen LogP contribution in [0.1, 0.15) is 16.9 Å². The van der Waals surface area contributed by atoms with E-state index in [0.717, 1.165) is 25.7 Å². The highest BCUT2D eigenvalue weighted by molar-refractivity contribution is 7.19. The minimum Gasteiger partial charge on any atom is -0.345 e. The second kappa shape index (κ2) is 3.96. The predicted molar refractivity (Wildman–Crippen MR) is 64.0 cm³/mol. The molecule has 3 heterocycles. The molecule has 0 radical (unpaired) electrons. The zero-order chi connectivity index (χ0) is 11.1. The summed E-state index contributed by atoms with van der Waals surface area (Å²) < 4.78 is 12.0. The lowest BCUT2D eigenvalue weighted by Gasteiger charge is -2.05. The lowest BCUT2D eigenvalue weighted by Crippen LogP contribution is -1.94. The Labute approximate surface area is 102 Å². The number of aromatic nitrogens is 1. The number of aryl methyl sites for hydroxylation is 1. The molecule has 1 aliphatic rings. The third kappa shape index (κ3) is 1.62. The van der Waals surface area contributed by atoms with Gasteiger partial charge in [-0.05, 0) is 13.0 Å². The number of hydrogen-bond donors (Lipinski definition) is 0. The van der Waals surface area contributed by atoms with Crippen molar-refractivity contribution in [1.29, 1.82) is 0 Å². The van der Waals surface area contributed by atoms with Crippen LogP contribution in [0.2, 0.25) is 5.02 Å². The second-order valence-corrected chi connectivity index (χ2v) is 5.14. The standard InChI is InChI=1S/C11H10ClNO2S/c1-6-4-7-8(5-13-6)16-10(9(7)12)11-14-2-3-15-11/h4-5,11H,2-3H2,1H3. The maximum Gasteiger partial charge on any atom is 0.194 e. The Balaban J connectivity index is 2.15. The van der Waals surface area contributed by atoms with E-state index >= 15 is 0 Å². The molecule has 0 spiro atoms. The van der Waals surface area contributed by atoms with Gasteiger partial charge in [-0.2, -0.15) is 0 Å². The van der Waals surface area contributed by atoms with Crippen LogP contribution in [0.25, 0.3) is 10.1 Å². The molecule has 16 heavy (non-hydrogen) atoms. The third-order valence-electron chi connectivity index (χ3n) is 2.51. The molecule has 0 unspecified atom stereocenters. The maximum atomic E-state index is 6.33. The van der Waals surface area contributed by atoms with E-state index in [4.69, 9.17) is 21.1 Å². The molecule has 0 amide bonds. The summed E-state index contributed by atoms with van der Waals surface area (Å²) >= 11 is 7.92. The van der Waals surface area contributed by atoms with E-state index in [-0.39, 0.29) is 6.29 Å². The Hall–Kier alpha value is -0.680. The Morgan fingerprint density at radius 1 is 1.44 bits per heavy atom. The van der Waals surface area contributed by atoms with Gasteiger partial charge in [0.1, 0.15) is 0 Å². The van der Waals surface area contributed by atoms with Crippen LogP contribution in [0.4, 0.5) is 0 Å². The average molecular weight is 256 g/mol. The zero-order valence-electron chi connectivity index (χ0n) is 8.70. The lowest BCUT2D eigenvalue weighted by molar-refractivity contribution is -0.0412. The number of thiophene rings is 1. The predicted octanol–water partition coefficient (Wildman–Crippen LogP) is 3.30. The second-order valence-electron chi connectivity index (χ2n) is 3.68. The number of nitrogens with zero attached hydrogens (tertiary/aromatic N) is 1. The molecule has 0 bridgehead atoms. The SMILES string of the molecule is Cc1cc2c(Cl)c(C3OCCO3)sc2cn1. The third-order valence-corrected chi connectivity index (χ3v) is 4.19. The smallest absolute Gasteiger partial charge is 0.194 e. The maximum absolute atomic E-state index is 6.33. The Morgan fingerprint density at radius 3 is 2.94 bits per heavy atom. The summed E-state index contributed by atoms with van der Waals surface area (Å²) in [6.07, 6.45) is 1.55. The van der Waals surface area contributed by atoms with Crippen molar-refractivity contribution in [3.63, 3.8) is 0 Å². The summed E-state index contributed by atoms with van der Waals surface area (Å²) in [5.41, 5.74) is 0.965. The summed E-state index contributed by atoms with van der Waals surface area (Å²) in [4.78, 5) is 5.20. The van der Waals surface area contributed by atoms with E-state index in [1.807, 2.05) is 19.2 Å². The van der Waals surface area contributed by atoms with Gasteiger partial charge < -0.3 is 9.47 Å².